The third-order valence-electron chi connectivity index (χ3n) is 3.98. The SMILES string of the molecule is CC1CCC(NCc2ccc(Cl)c(Cl)c2)C(C)C1. The van der Waals surface area contributed by atoms with Crippen LogP contribution in [0.1, 0.15) is 38.7 Å². The molecule has 3 unspecified atom stereocenters. The van der Waals surface area contributed by atoms with Crippen LogP contribution in [-0.4, -0.2) is 6.04 Å². The molecule has 0 saturated heterocycles. The summed E-state index contributed by atoms with van der Waals surface area (Å²) in [6.45, 7) is 5.58. The van der Waals surface area contributed by atoms with Gasteiger partial charge in [-0.2, -0.15) is 0 Å². The summed E-state index contributed by atoms with van der Waals surface area (Å²) in [7, 11) is 0. The van der Waals surface area contributed by atoms with E-state index in [9.17, 15) is 0 Å². The Kier molecular flexibility index (Phi) is 4.94. The van der Waals surface area contributed by atoms with Crippen molar-refractivity contribution in [2.24, 2.45) is 11.8 Å². The van der Waals surface area contributed by atoms with Crippen LogP contribution in [0, 0.1) is 11.8 Å². The number of benzene rings is 1. The predicted octanol–water partition coefficient (Wildman–Crippen LogP) is 4.91. The zero-order valence-corrected chi connectivity index (χ0v) is 12.6. The topological polar surface area (TPSA) is 12.0 Å². The molecule has 0 amide bonds. The number of hydrogen-bond acceptors (Lipinski definition) is 1. The summed E-state index contributed by atoms with van der Waals surface area (Å²) in [5, 5.41) is 4.92. The van der Waals surface area contributed by atoms with E-state index in [1.54, 1.807) is 0 Å². The average molecular weight is 286 g/mol. The van der Waals surface area contributed by atoms with Gasteiger partial charge in [0.25, 0.3) is 0 Å². The fourth-order valence-corrected chi connectivity index (χ4v) is 3.19. The molecule has 0 heterocycles. The van der Waals surface area contributed by atoms with Crippen molar-refractivity contribution in [2.45, 2.75) is 45.7 Å². The van der Waals surface area contributed by atoms with E-state index in [2.05, 4.69) is 19.2 Å². The van der Waals surface area contributed by atoms with E-state index >= 15 is 0 Å². The summed E-state index contributed by atoms with van der Waals surface area (Å²) >= 11 is 11.9. The fraction of sp³-hybridized carbons (Fsp3) is 0.600. The molecule has 0 spiro atoms. The van der Waals surface area contributed by atoms with Gasteiger partial charge in [0.15, 0.2) is 0 Å². The van der Waals surface area contributed by atoms with Crippen LogP contribution < -0.4 is 5.32 Å². The van der Waals surface area contributed by atoms with Gasteiger partial charge in [0.2, 0.25) is 0 Å². The van der Waals surface area contributed by atoms with Gasteiger partial charge in [-0.3, -0.25) is 0 Å². The van der Waals surface area contributed by atoms with E-state index in [0.717, 1.165) is 18.4 Å². The third-order valence-corrected chi connectivity index (χ3v) is 4.72. The summed E-state index contributed by atoms with van der Waals surface area (Å²) < 4.78 is 0. The van der Waals surface area contributed by atoms with Gasteiger partial charge in [0.1, 0.15) is 0 Å². The highest BCUT2D eigenvalue weighted by molar-refractivity contribution is 6.42. The Labute approximate surface area is 120 Å². The molecule has 3 atom stereocenters. The second-order valence-corrected chi connectivity index (χ2v) is 6.45. The van der Waals surface area contributed by atoms with E-state index in [1.807, 2.05) is 18.2 Å². The van der Waals surface area contributed by atoms with Crippen LogP contribution in [0.5, 0.6) is 0 Å². The summed E-state index contributed by atoms with van der Waals surface area (Å²) in [4.78, 5) is 0. The van der Waals surface area contributed by atoms with Crippen molar-refractivity contribution in [1.82, 2.24) is 5.32 Å². The Morgan fingerprint density at radius 1 is 1.17 bits per heavy atom. The van der Waals surface area contributed by atoms with E-state index in [-0.39, 0.29) is 0 Å². The van der Waals surface area contributed by atoms with Crippen molar-refractivity contribution in [3.63, 3.8) is 0 Å². The third kappa shape index (κ3) is 3.63. The number of nitrogens with one attached hydrogen (secondary N) is 1. The van der Waals surface area contributed by atoms with Crippen molar-refractivity contribution in [3.05, 3.63) is 33.8 Å². The largest absolute Gasteiger partial charge is 0.310 e. The molecule has 1 aromatic rings. The Bertz CT molecular complexity index is 405. The standard InChI is InChI=1S/C15H21Cl2N/c1-10-3-6-15(11(2)7-10)18-9-12-4-5-13(16)14(17)8-12/h4-5,8,10-11,15,18H,3,6-7,9H2,1-2H3. The maximum Gasteiger partial charge on any atom is 0.0595 e. The predicted molar refractivity (Wildman–Crippen MR) is 79.3 cm³/mol. The van der Waals surface area contributed by atoms with E-state index in [4.69, 9.17) is 23.2 Å². The Morgan fingerprint density at radius 3 is 2.61 bits per heavy atom. The minimum atomic E-state index is 0.625. The van der Waals surface area contributed by atoms with Crippen molar-refractivity contribution >= 4 is 23.2 Å². The first-order valence-corrected chi connectivity index (χ1v) is 7.49. The van der Waals surface area contributed by atoms with Crippen LogP contribution in [-0.2, 0) is 6.54 Å². The normalized spacial score (nSPS) is 28.3. The smallest absolute Gasteiger partial charge is 0.0595 e. The summed E-state index contributed by atoms with van der Waals surface area (Å²) in [5.41, 5.74) is 1.20. The van der Waals surface area contributed by atoms with Gasteiger partial charge in [0, 0.05) is 12.6 Å². The molecule has 100 valence electrons. The van der Waals surface area contributed by atoms with Gasteiger partial charge in [0.05, 0.1) is 10.0 Å². The van der Waals surface area contributed by atoms with Gasteiger partial charge in [-0.1, -0.05) is 43.1 Å². The molecule has 1 aromatic carbocycles. The lowest BCUT2D eigenvalue weighted by Crippen LogP contribution is -2.38. The van der Waals surface area contributed by atoms with Crippen molar-refractivity contribution in [1.29, 1.82) is 0 Å². The fourth-order valence-electron chi connectivity index (χ4n) is 2.87. The molecule has 1 fully saturated rings. The zero-order valence-electron chi connectivity index (χ0n) is 11.0. The average Bonchev–Trinajstić information content (AvgIpc) is 2.32. The number of hydrogen-bond donors (Lipinski definition) is 1. The van der Waals surface area contributed by atoms with Gasteiger partial charge in [-0.25, -0.2) is 0 Å². The zero-order chi connectivity index (χ0) is 13.1. The van der Waals surface area contributed by atoms with Gasteiger partial charge in [-0.15, -0.1) is 0 Å². The van der Waals surface area contributed by atoms with E-state index < -0.39 is 0 Å². The molecule has 1 nitrogen and oxygen atoms in total. The first-order valence-electron chi connectivity index (χ1n) is 6.73. The maximum atomic E-state index is 6.02. The molecule has 0 radical (unpaired) electrons. The maximum absolute atomic E-state index is 6.02. The minimum Gasteiger partial charge on any atom is -0.310 e. The lowest BCUT2D eigenvalue weighted by molar-refractivity contribution is 0.227. The Hall–Kier alpha value is -0.240. The molecule has 3 heteroatoms. The highest BCUT2D eigenvalue weighted by atomic mass is 35.5. The lowest BCUT2D eigenvalue weighted by Gasteiger charge is -2.33. The monoisotopic (exact) mass is 285 g/mol. The molecular formula is C15H21Cl2N. The highest BCUT2D eigenvalue weighted by Gasteiger charge is 2.24. The van der Waals surface area contributed by atoms with Crippen molar-refractivity contribution < 1.29 is 0 Å². The van der Waals surface area contributed by atoms with Crippen molar-refractivity contribution in [2.75, 3.05) is 0 Å². The molecule has 0 aliphatic heterocycles. The van der Waals surface area contributed by atoms with Crippen LogP contribution in [0.25, 0.3) is 0 Å². The van der Waals surface area contributed by atoms with Gasteiger partial charge >= 0.3 is 0 Å². The van der Waals surface area contributed by atoms with E-state index in [1.165, 1.54) is 24.8 Å². The molecule has 1 N–H and O–H groups in total. The lowest BCUT2D eigenvalue weighted by atomic mass is 9.80. The quantitative estimate of drug-likeness (QED) is 0.832. The first-order chi connectivity index (χ1) is 8.56. The summed E-state index contributed by atoms with van der Waals surface area (Å²) in [5.74, 6) is 1.64. The molecular weight excluding hydrogens is 265 g/mol. The Morgan fingerprint density at radius 2 is 1.94 bits per heavy atom. The van der Waals surface area contributed by atoms with Gasteiger partial charge in [-0.05, 0) is 48.8 Å². The molecule has 18 heavy (non-hydrogen) atoms. The van der Waals surface area contributed by atoms with Crippen LogP contribution in [0.15, 0.2) is 18.2 Å². The van der Waals surface area contributed by atoms with Gasteiger partial charge < -0.3 is 5.32 Å². The number of halogens is 2. The van der Waals surface area contributed by atoms with Crippen LogP contribution in [0.4, 0.5) is 0 Å². The first kappa shape index (κ1) is 14.2. The summed E-state index contributed by atoms with van der Waals surface area (Å²) in [6, 6.07) is 6.49. The van der Waals surface area contributed by atoms with E-state index in [0.29, 0.717) is 16.1 Å². The second-order valence-electron chi connectivity index (χ2n) is 5.63. The Balaban J connectivity index is 1.89. The molecule has 1 aliphatic rings. The molecule has 1 aliphatic carbocycles. The highest BCUT2D eigenvalue weighted by Crippen LogP contribution is 2.29. The molecule has 0 bridgehead atoms. The number of rotatable bonds is 3. The second kappa shape index (κ2) is 6.27. The molecule has 2 rings (SSSR count). The summed E-state index contributed by atoms with van der Waals surface area (Å²) in [6.07, 6.45) is 3.95. The van der Waals surface area contributed by atoms with Crippen LogP contribution in [0.3, 0.4) is 0 Å². The molecule has 1 saturated carbocycles. The van der Waals surface area contributed by atoms with Crippen LogP contribution >= 0.6 is 23.2 Å². The van der Waals surface area contributed by atoms with Crippen molar-refractivity contribution in [3.8, 4) is 0 Å². The van der Waals surface area contributed by atoms with Crippen LogP contribution in [0.2, 0.25) is 10.0 Å². The molecule has 0 aromatic heterocycles. The minimum absolute atomic E-state index is 0.625.